The zero-order chi connectivity index (χ0) is 14.5. The second kappa shape index (κ2) is 5.25. The van der Waals surface area contributed by atoms with Gasteiger partial charge in [0.05, 0.1) is 5.41 Å². The van der Waals surface area contributed by atoms with Crippen LogP contribution in [0.5, 0.6) is 0 Å². The molecule has 5 saturated carbocycles. The number of hydrogen-bond acceptors (Lipinski definition) is 1. The number of halogens is 1. The Labute approximate surface area is 136 Å². The molecule has 0 aromatic carbocycles. The minimum atomic E-state index is -0.0279. The minimum absolute atomic E-state index is 0.0279. The molecule has 0 aliphatic heterocycles. The van der Waals surface area contributed by atoms with Gasteiger partial charge in [0.1, 0.15) is 0 Å². The molecule has 4 bridgehead atoms. The van der Waals surface area contributed by atoms with Crippen LogP contribution in [0.25, 0.3) is 0 Å². The predicted molar refractivity (Wildman–Crippen MR) is 88.4 cm³/mol. The summed E-state index contributed by atoms with van der Waals surface area (Å²) in [6.45, 7) is 0. The molecule has 0 aromatic heterocycles. The molecular weight excluding hydrogens is 326 g/mol. The Morgan fingerprint density at radius 3 is 2.14 bits per heavy atom. The Kier molecular flexibility index (Phi) is 3.63. The zero-order valence-corrected chi connectivity index (χ0v) is 14.6. The van der Waals surface area contributed by atoms with Crippen LogP contribution in [-0.2, 0) is 4.79 Å². The van der Waals surface area contributed by atoms with Gasteiger partial charge in [-0.15, -0.1) is 0 Å². The maximum atomic E-state index is 13.1. The molecule has 0 unspecified atom stereocenters. The molecule has 5 aliphatic carbocycles. The lowest BCUT2D eigenvalue weighted by Crippen LogP contribution is -2.59. The average molecular weight is 354 g/mol. The van der Waals surface area contributed by atoms with E-state index in [0.29, 0.717) is 11.9 Å². The lowest BCUT2D eigenvalue weighted by molar-refractivity contribution is -0.144. The van der Waals surface area contributed by atoms with Crippen LogP contribution in [0.15, 0.2) is 0 Å². The second-order valence-corrected chi connectivity index (χ2v) is 10.2. The van der Waals surface area contributed by atoms with Crippen LogP contribution in [0.4, 0.5) is 0 Å². The molecule has 5 aliphatic rings. The van der Waals surface area contributed by atoms with E-state index < -0.39 is 0 Å². The molecule has 0 radical (unpaired) electrons. The molecule has 3 heteroatoms. The first kappa shape index (κ1) is 14.5. The van der Waals surface area contributed by atoms with Gasteiger partial charge in [-0.1, -0.05) is 41.6 Å². The van der Waals surface area contributed by atoms with Crippen LogP contribution in [0.2, 0.25) is 0 Å². The molecule has 5 rings (SSSR count). The monoisotopic (exact) mass is 353 g/mol. The molecule has 0 heterocycles. The normalized spacial score (nSPS) is 46.3. The van der Waals surface area contributed by atoms with Crippen molar-refractivity contribution in [3.63, 3.8) is 0 Å². The fourth-order valence-corrected chi connectivity index (χ4v) is 7.63. The van der Waals surface area contributed by atoms with Crippen LogP contribution in [-0.4, -0.2) is 16.3 Å². The topological polar surface area (TPSA) is 29.1 Å². The average Bonchev–Trinajstić information content (AvgIpc) is 2.64. The van der Waals surface area contributed by atoms with Crippen LogP contribution >= 0.6 is 15.9 Å². The van der Waals surface area contributed by atoms with Crippen molar-refractivity contribution in [1.29, 1.82) is 0 Å². The smallest absolute Gasteiger partial charge is 0.226 e. The fourth-order valence-electron chi connectivity index (χ4n) is 6.18. The molecule has 21 heavy (non-hydrogen) atoms. The minimum Gasteiger partial charge on any atom is -0.353 e. The van der Waals surface area contributed by atoms with Gasteiger partial charge in [-0.2, -0.15) is 0 Å². The summed E-state index contributed by atoms with van der Waals surface area (Å²) < 4.78 is 0.290. The third kappa shape index (κ3) is 2.68. The van der Waals surface area contributed by atoms with E-state index in [2.05, 4.69) is 21.2 Å². The Balaban J connectivity index is 1.48. The number of nitrogens with one attached hydrogen (secondary N) is 1. The summed E-state index contributed by atoms with van der Waals surface area (Å²) in [5, 5.41) is 3.47. The van der Waals surface area contributed by atoms with E-state index >= 15 is 0 Å². The molecule has 2 nitrogen and oxygen atoms in total. The van der Waals surface area contributed by atoms with Crippen LogP contribution in [0.1, 0.15) is 77.0 Å². The van der Waals surface area contributed by atoms with E-state index in [-0.39, 0.29) is 9.74 Å². The third-order valence-corrected chi connectivity index (χ3v) is 7.59. The first-order valence-electron chi connectivity index (χ1n) is 9.07. The highest BCUT2D eigenvalue weighted by Crippen LogP contribution is 2.64. The SMILES string of the molecule is O=C(NC1CCCCCC1)C12C[C@@H]3C[C@H](CC(Br)(C3)C1)C2. The largest absolute Gasteiger partial charge is 0.353 e. The van der Waals surface area contributed by atoms with Crippen molar-refractivity contribution in [2.24, 2.45) is 17.3 Å². The summed E-state index contributed by atoms with van der Waals surface area (Å²) >= 11 is 4.02. The highest BCUT2D eigenvalue weighted by Gasteiger charge is 2.59. The summed E-state index contributed by atoms with van der Waals surface area (Å²) in [6, 6.07) is 0.458. The van der Waals surface area contributed by atoms with Gasteiger partial charge in [0.2, 0.25) is 5.91 Å². The van der Waals surface area contributed by atoms with E-state index in [1.807, 2.05) is 0 Å². The van der Waals surface area contributed by atoms with Crippen molar-refractivity contribution in [3.8, 4) is 0 Å². The molecule has 0 saturated heterocycles. The Morgan fingerprint density at radius 1 is 0.952 bits per heavy atom. The lowest BCUT2D eigenvalue weighted by Gasteiger charge is -2.59. The molecule has 1 amide bonds. The van der Waals surface area contributed by atoms with Crippen LogP contribution < -0.4 is 5.32 Å². The van der Waals surface area contributed by atoms with Crippen molar-refractivity contribution < 1.29 is 4.79 Å². The fraction of sp³-hybridized carbons (Fsp3) is 0.944. The number of carbonyl (C=O) groups is 1. The molecular formula is C18H28BrNO. The van der Waals surface area contributed by atoms with Gasteiger partial charge >= 0.3 is 0 Å². The molecule has 2 atom stereocenters. The summed E-state index contributed by atoms with van der Waals surface area (Å²) in [7, 11) is 0. The van der Waals surface area contributed by atoms with Gasteiger partial charge in [-0.05, 0) is 63.2 Å². The van der Waals surface area contributed by atoms with Gasteiger partial charge in [0.25, 0.3) is 0 Å². The Morgan fingerprint density at radius 2 is 1.57 bits per heavy atom. The van der Waals surface area contributed by atoms with E-state index in [1.54, 1.807) is 0 Å². The molecule has 0 spiro atoms. The van der Waals surface area contributed by atoms with Gasteiger partial charge in [0.15, 0.2) is 0 Å². The van der Waals surface area contributed by atoms with Crippen LogP contribution in [0.3, 0.4) is 0 Å². The van der Waals surface area contributed by atoms with E-state index in [9.17, 15) is 4.79 Å². The maximum Gasteiger partial charge on any atom is 0.226 e. The summed E-state index contributed by atoms with van der Waals surface area (Å²) in [4.78, 5) is 13.1. The number of alkyl halides is 1. The third-order valence-electron chi connectivity index (χ3n) is 6.66. The Bertz CT molecular complexity index is 413. The van der Waals surface area contributed by atoms with Crippen molar-refractivity contribution in [3.05, 3.63) is 0 Å². The number of rotatable bonds is 2. The highest BCUT2D eigenvalue weighted by atomic mass is 79.9. The quantitative estimate of drug-likeness (QED) is 0.572. The van der Waals surface area contributed by atoms with Crippen molar-refractivity contribution >= 4 is 21.8 Å². The number of amides is 1. The first-order chi connectivity index (χ1) is 10.1. The van der Waals surface area contributed by atoms with E-state index in [0.717, 1.165) is 31.1 Å². The maximum absolute atomic E-state index is 13.1. The van der Waals surface area contributed by atoms with Gasteiger partial charge in [0, 0.05) is 10.4 Å². The molecule has 0 aromatic rings. The second-order valence-electron chi connectivity index (χ2n) is 8.55. The van der Waals surface area contributed by atoms with Crippen molar-refractivity contribution in [1.82, 2.24) is 5.32 Å². The van der Waals surface area contributed by atoms with Gasteiger partial charge in [-0.3, -0.25) is 4.79 Å². The Hall–Kier alpha value is -0.0500. The first-order valence-corrected chi connectivity index (χ1v) is 9.86. The van der Waals surface area contributed by atoms with Crippen LogP contribution in [0, 0.1) is 17.3 Å². The molecule has 118 valence electrons. The summed E-state index contributed by atoms with van der Waals surface area (Å²) in [6.07, 6.45) is 15.1. The predicted octanol–water partition coefficient (Wildman–Crippen LogP) is 4.56. The number of hydrogen-bond donors (Lipinski definition) is 1. The summed E-state index contributed by atoms with van der Waals surface area (Å²) in [5.41, 5.74) is -0.0279. The molecule has 5 fully saturated rings. The number of carbonyl (C=O) groups excluding carboxylic acids is 1. The van der Waals surface area contributed by atoms with Gasteiger partial charge < -0.3 is 5.32 Å². The van der Waals surface area contributed by atoms with E-state index in [1.165, 1.54) is 57.8 Å². The van der Waals surface area contributed by atoms with Crippen molar-refractivity contribution in [2.45, 2.75) is 87.4 Å². The van der Waals surface area contributed by atoms with Crippen molar-refractivity contribution in [2.75, 3.05) is 0 Å². The van der Waals surface area contributed by atoms with E-state index in [4.69, 9.17) is 0 Å². The zero-order valence-electron chi connectivity index (χ0n) is 13.0. The molecule has 1 N–H and O–H groups in total. The highest BCUT2D eigenvalue weighted by molar-refractivity contribution is 9.10. The standard InChI is InChI=1S/C18H28BrNO/c19-18-10-13-7-14(11-18)9-17(8-13,12-18)16(21)20-15-5-3-1-2-4-6-15/h13-15H,1-12H2,(H,20,21)/t13-,14-,17?,18?/m0/s1. The lowest BCUT2D eigenvalue weighted by atomic mass is 9.49. The van der Waals surface area contributed by atoms with Gasteiger partial charge in [-0.25, -0.2) is 0 Å². The summed E-state index contributed by atoms with van der Waals surface area (Å²) in [5.74, 6) is 2.00.